The number of carboxylic acid groups (broad SMARTS) is 1. The number of rotatable bonds is 7. The van der Waals surface area contributed by atoms with Gasteiger partial charge in [-0.1, -0.05) is 48.9 Å². The molecule has 1 N–H and O–H groups in total. The van der Waals surface area contributed by atoms with Crippen molar-refractivity contribution in [1.29, 1.82) is 0 Å². The molecule has 30 heavy (non-hydrogen) atoms. The van der Waals surface area contributed by atoms with Crippen LogP contribution in [0.5, 0.6) is 0 Å². The lowest BCUT2D eigenvalue weighted by Crippen LogP contribution is -2.43. The normalized spacial score (nSPS) is 16.3. The minimum Gasteiger partial charge on any atom is -0.480 e. The maximum Gasteiger partial charge on any atom is 0.326 e. The zero-order chi connectivity index (χ0) is 22.0. The molecule has 2 aromatic rings. The average molecular weight is 467 g/mol. The van der Waals surface area contributed by atoms with E-state index in [1.165, 1.54) is 24.3 Å². The number of hydrogen-bond acceptors (Lipinski definition) is 7. The number of benzene rings is 1. The maximum absolute atomic E-state index is 12.7. The van der Waals surface area contributed by atoms with Gasteiger partial charge in [0.15, 0.2) is 0 Å². The lowest BCUT2D eigenvalue weighted by atomic mass is 10.1. The van der Waals surface area contributed by atoms with E-state index in [0.717, 1.165) is 16.7 Å². The number of hydrogen-bond donors (Lipinski definition) is 1. The van der Waals surface area contributed by atoms with Crippen LogP contribution in [0.4, 0.5) is 5.69 Å². The van der Waals surface area contributed by atoms with Gasteiger partial charge in [0.05, 0.1) is 14.9 Å². The van der Waals surface area contributed by atoms with Crippen LogP contribution in [0.1, 0.15) is 25.5 Å². The highest BCUT2D eigenvalue weighted by Crippen LogP contribution is 2.37. The van der Waals surface area contributed by atoms with Crippen LogP contribution in [-0.4, -0.2) is 37.2 Å². The van der Waals surface area contributed by atoms with Crippen LogP contribution in [0.2, 0.25) is 5.02 Å². The summed E-state index contributed by atoms with van der Waals surface area (Å²) in [5.74, 6) is -0.895. The van der Waals surface area contributed by atoms with Crippen molar-refractivity contribution in [3.8, 4) is 11.3 Å². The highest BCUT2D eigenvalue weighted by molar-refractivity contribution is 8.26. The van der Waals surface area contributed by atoms with Crippen molar-refractivity contribution in [3.63, 3.8) is 0 Å². The molecule has 3 rings (SSSR count). The Morgan fingerprint density at radius 3 is 2.77 bits per heavy atom. The molecule has 0 spiro atoms. The molecule has 0 unspecified atom stereocenters. The first kappa shape index (κ1) is 22.0. The van der Waals surface area contributed by atoms with Gasteiger partial charge in [0.1, 0.15) is 21.9 Å². The van der Waals surface area contributed by atoms with Crippen molar-refractivity contribution in [2.75, 3.05) is 0 Å². The molecule has 1 fully saturated rings. The first-order valence-corrected chi connectivity index (χ1v) is 10.4. The van der Waals surface area contributed by atoms with E-state index >= 15 is 0 Å². The zero-order valence-electron chi connectivity index (χ0n) is 15.5. The van der Waals surface area contributed by atoms with E-state index in [2.05, 4.69) is 0 Å². The number of halogens is 1. The van der Waals surface area contributed by atoms with E-state index in [4.69, 9.17) is 28.2 Å². The molecule has 1 atom stereocenters. The quantitative estimate of drug-likeness (QED) is 0.263. The van der Waals surface area contributed by atoms with E-state index in [0.29, 0.717) is 29.9 Å². The van der Waals surface area contributed by atoms with E-state index in [9.17, 15) is 24.8 Å². The zero-order valence-corrected chi connectivity index (χ0v) is 17.9. The van der Waals surface area contributed by atoms with Crippen molar-refractivity contribution in [1.82, 2.24) is 4.90 Å². The third-order valence-corrected chi connectivity index (χ3v) is 5.95. The van der Waals surface area contributed by atoms with E-state index in [-0.39, 0.29) is 19.9 Å². The fourth-order valence-corrected chi connectivity index (χ4v) is 4.51. The van der Waals surface area contributed by atoms with Crippen LogP contribution in [0.15, 0.2) is 39.7 Å². The van der Waals surface area contributed by atoms with Crippen molar-refractivity contribution in [3.05, 3.63) is 56.1 Å². The van der Waals surface area contributed by atoms with Crippen LogP contribution in [-0.2, 0) is 9.59 Å². The predicted octanol–water partition coefficient (Wildman–Crippen LogP) is 4.96. The van der Waals surface area contributed by atoms with Crippen LogP contribution < -0.4 is 0 Å². The van der Waals surface area contributed by atoms with E-state index in [1.807, 2.05) is 6.92 Å². The van der Waals surface area contributed by atoms with Crippen LogP contribution in [0, 0.1) is 10.1 Å². The number of nitro groups is 1. The minimum absolute atomic E-state index is 0.140. The summed E-state index contributed by atoms with van der Waals surface area (Å²) >= 11 is 12.3. The van der Waals surface area contributed by atoms with Gasteiger partial charge in [-0.2, -0.15) is 0 Å². The third kappa shape index (κ3) is 4.40. The molecule has 1 saturated heterocycles. The van der Waals surface area contributed by atoms with Gasteiger partial charge in [0, 0.05) is 23.8 Å². The fourth-order valence-electron chi connectivity index (χ4n) is 2.91. The minimum atomic E-state index is -1.11. The molecule has 0 bridgehead atoms. The number of nitrogens with zero attached hydrogens (tertiary/aromatic N) is 2. The number of aliphatic carboxylic acids is 1. The summed E-state index contributed by atoms with van der Waals surface area (Å²) in [5, 5.41) is 20.4. The summed E-state index contributed by atoms with van der Waals surface area (Å²) in [4.78, 5) is 35.9. The molecule has 11 heteroatoms. The number of carbonyl (C=O) groups excluding carboxylic acids is 1. The van der Waals surface area contributed by atoms with Gasteiger partial charge in [-0.15, -0.1) is 0 Å². The Balaban J connectivity index is 1.86. The van der Waals surface area contributed by atoms with Gasteiger partial charge in [-0.05, 0) is 24.6 Å². The number of carbonyl (C=O) groups is 2. The lowest BCUT2D eigenvalue weighted by Gasteiger charge is -2.22. The largest absolute Gasteiger partial charge is 0.480 e. The van der Waals surface area contributed by atoms with Crippen LogP contribution in [0.25, 0.3) is 17.4 Å². The summed E-state index contributed by atoms with van der Waals surface area (Å²) in [6, 6.07) is 6.24. The van der Waals surface area contributed by atoms with Crippen LogP contribution >= 0.6 is 35.6 Å². The average Bonchev–Trinajstić information content (AvgIpc) is 3.24. The molecule has 1 aromatic heterocycles. The number of carboxylic acids is 1. The molecular weight excluding hydrogens is 452 g/mol. The molecule has 1 aliphatic rings. The highest BCUT2D eigenvalue weighted by Gasteiger charge is 2.40. The van der Waals surface area contributed by atoms with Crippen molar-refractivity contribution >= 4 is 63.5 Å². The van der Waals surface area contributed by atoms with Crippen LogP contribution in [0.3, 0.4) is 0 Å². The molecule has 0 aliphatic carbocycles. The lowest BCUT2D eigenvalue weighted by molar-refractivity contribution is -0.384. The number of thioether (sulfide) groups is 1. The SMILES string of the molecule is CCC[C@@H](C(=O)O)N1C(=O)/C(=C/c2ccc(-c3ccc([N+](=O)[O-])cc3Cl)o2)SC1=S. The second-order valence-electron chi connectivity index (χ2n) is 6.32. The summed E-state index contributed by atoms with van der Waals surface area (Å²) in [6.45, 7) is 1.83. The Morgan fingerprint density at radius 2 is 2.17 bits per heavy atom. The molecule has 156 valence electrons. The topological polar surface area (TPSA) is 114 Å². The highest BCUT2D eigenvalue weighted by atomic mass is 35.5. The molecule has 8 nitrogen and oxygen atoms in total. The number of thiocarbonyl (C=S) groups is 1. The molecule has 0 saturated carbocycles. The van der Waals surface area contributed by atoms with Gasteiger partial charge in [-0.3, -0.25) is 19.8 Å². The summed E-state index contributed by atoms with van der Waals surface area (Å²) in [5.41, 5.74) is 0.322. The van der Waals surface area contributed by atoms with Crippen molar-refractivity contribution in [2.24, 2.45) is 0 Å². The number of furan rings is 1. The predicted molar refractivity (Wildman–Crippen MR) is 117 cm³/mol. The second-order valence-corrected chi connectivity index (χ2v) is 8.40. The number of non-ortho nitro benzene ring substituents is 1. The molecule has 1 aliphatic heterocycles. The smallest absolute Gasteiger partial charge is 0.326 e. The van der Waals surface area contributed by atoms with Gasteiger partial charge in [-0.25, -0.2) is 4.79 Å². The van der Waals surface area contributed by atoms with Gasteiger partial charge >= 0.3 is 5.97 Å². The summed E-state index contributed by atoms with van der Waals surface area (Å²) in [6.07, 6.45) is 2.36. The van der Waals surface area contributed by atoms with E-state index < -0.39 is 22.8 Å². The molecular formula is C19H15ClN2O6S2. The Labute approximate surface area is 185 Å². The maximum atomic E-state index is 12.7. The second kappa shape index (κ2) is 8.99. The van der Waals surface area contributed by atoms with Crippen molar-refractivity contribution < 1.29 is 24.0 Å². The Hall–Kier alpha value is -2.69. The first-order valence-electron chi connectivity index (χ1n) is 8.77. The summed E-state index contributed by atoms with van der Waals surface area (Å²) < 4.78 is 5.89. The molecule has 2 heterocycles. The number of amides is 1. The monoisotopic (exact) mass is 466 g/mol. The first-order chi connectivity index (χ1) is 14.2. The third-order valence-electron chi connectivity index (χ3n) is 4.31. The van der Waals surface area contributed by atoms with Gasteiger partial charge in [0.25, 0.3) is 11.6 Å². The molecule has 0 radical (unpaired) electrons. The Morgan fingerprint density at radius 1 is 1.43 bits per heavy atom. The molecule has 1 amide bonds. The van der Waals surface area contributed by atoms with Gasteiger partial charge in [0.2, 0.25) is 0 Å². The van der Waals surface area contributed by atoms with Gasteiger partial charge < -0.3 is 9.52 Å². The Bertz CT molecular complexity index is 1080. The molecule has 1 aromatic carbocycles. The van der Waals surface area contributed by atoms with E-state index in [1.54, 1.807) is 12.1 Å². The number of nitro benzene ring substituents is 1. The van der Waals surface area contributed by atoms with Crippen molar-refractivity contribution in [2.45, 2.75) is 25.8 Å². The fraction of sp³-hybridized carbons (Fsp3) is 0.211. The summed E-state index contributed by atoms with van der Waals surface area (Å²) in [7, 11) is 0. The Kier molecular flexibility index (Phi) is 6.59. The standard InChI is InChI=1S/C19H15ClN2O6S2/c1-2-3-14(18(24)25)21-17(23)16(30-19(21)29)9-11-5-7-15(28-11)12-6-4-10(22(26)27)8-13(12)20/h4-9,14H,2-3H2,1H3,(H,24,25)/b16-9-/t14-/m0/s1.